The lowest BCUT2D eigenvalue weighted by atomic mass is 10.2. The molecular formula is C17H25N3O. The van der Waals surface area contributed by atoms with Crippen LogP contribution in [0.25, 0.3) is 5.69 Å². The van der Waals surface area contributed by atoms with Gasteiger partial charge in [-0.05, 0) is 56.6 Å². The van der Waals surface area contributed by atoms with E-state index in [1.54, 1.807) is 0 Å². The van der Waals surface area contributed by atoms with Crippen LogP contribution in [0.5, 0.6) is 5.75 Å². The molecule has 1 N–H and O–H groups in total. The van der Waals surface area contributed by atoms with Crippen LogP contribution < -0.4 is 10.1 Å². The third-order valence-electron chi connectivity index (χ3n) is 2.98. The maximum atomic E-state index is 5.65. The Hall–Kier alpha value is -1.81. The number of aromatic nitrogens is 2. The smallest absolute Gasteiger partial charge is 0.119 e. The molecule has 0 saturated carbocycles. The van der Waals surface area contributed by atoms with Gasteiger partial charge in [0, 0.05) is 12.7 Å². The van der Waals surface area contributed by atoms with E-state index in [1.165, 1.54) is 0 Å². The second-order valence-electron chi connectivity index (χ2n) is 5.94. The Kier molecular flexibility index (Phi) is 5.39. The minimum absolute atomic E-state index is 0.194. The zero-order chi connectivity index (χ0) is 15.2. The van der Waals surface area contributed by atoms with Crippen molar-refractivity contribution in [3.8, 4) is 11.4 Å². The van der Waals surface area contributed by atoms with Crippen LogP contribution in [0.2, 0.25) is 0 Å². The van der Waals surface area contributed by atoms with Crippen molar-refractivity contribution in [2.75, 3.05) is 6.54 Å². The summed E-state index contributed by atoms with van der Waals surface area (Å²) in [5.74, 6) is 1.54. The van der Waals surface area contributed by atoms with Gasteiger partial charge in [0.05, 0.1) is 17.5 Å². The van der Waals surface area contributed by atoms with Crippen LogP contribution in [0, 0.1) is 5.92 Å². The highest BCUT2D eigenvalue weighted by molar-refractivity contribution is 5.37. The Bertz CT molecular complexity index is 543. The van der Waals surface area contributed by atoms with Gasteiger partial charge in [-0.3, -0.25) is 0 Å². The van der Waals surface area contributed by atoms with Crippen LogP contribution in [0.1, 0.15) is 33.4 Å². The molecule has 0 bridgehead atoms. The van der Waals surface area contributed by atoms with E-state index in [2.05, 4.69) is 24.3 Å². The summed E-state index contributed by atoms with van der Waals surface area (Å²) in [6.07, 6.45) is 2.18. The molecule has 114 valence electrons. The van der Waals surface area contributed by atoms with Gasteiger partial charge in [0.25, 0.3) is 0 Å². The molecule has 0 saturated heterocycles. The average molecular weight is 287 g/mol. The normalized spacial score (nSPS) is 11.3. The summed E-state index contributed by atoms with van der Waals surface area (Å²) >= 11 is 0. The lowest BCUT2D eigenvalue weighted by molar-refractivity contribution is 0.242. The second-order valence-corrected chi connectivity index (χ2v) is 5.94. The van der Waals surface area contributed by atoms with E-state index in [4.69, 9.17) is 4.74 Å². The van der Waals surface area contributed by atoms with Gasteiger partial charge in [-0.2, -0.15) is 5.10 Å². The monoisotopic (exact) mass is 287 g/mol. The summed E-state index contributed by atoms with van der Waals surface area (Å²) in [6.45, 7) is 10.3. The van der Waals surface area contributed by atoms with Crippen LogP contribution in [0.15, 0.2) is 36.5 Å². The first-order valence-corrected chi connectivity index (χ1v) is 7.57. The molecule has 21 heavy (non-hydrogen) atoms. The van der Waals surface area contributed by atoms with Gasteiger partial charge in [-0.1, -0.05) is 13.8 Å². The molecule has 4 heteroatoms. The van der Waals surface area contributed by atoms with Gasteiger partial charge in [-0.25, -0.2) is 4.68 Å². The fraction of sp³-hybridized carbons (Fsp3) is 0.471. The minimum Gasteiger partial charge on any atom is -0.491 e. The number of hydrogen-bond donors (Lipinski definition) is 1. The molecule has 2 aromatic rings. The summed E-state index contributed by atoms with van der Waals surface area (Å²) in [6, 6.07) is 10.1. The van der Waals surface area contributed by atoms with Crippen molar-refractivity contribution < 1.29 is 4.74 Å². The number of hydrogen-bond acceptors (Lipinski definition) is 3. The molecule has 1 aromatic heterocycles. The molecule has 0 atom stereocenters. The zero-order valence-electron chi connectivity index (χ0n) is 13.3. The summed E-state index contributed by atoms with van der Waals surface area (Å²) in [5.41, 5.74) is 2.10. The van der Waals surface area contributed by atoms with Crippen LogP contribution in [-0.4, -0.2) is 22.4 Å². The first-order chi connectivity index (χ1) is 10.0. The van der Waals surface area contributed by atoms with Crippen LogP contribution in [0.4, 0.5) is 0 Å². The summed E-state index contributed by atoms with van der Waals surface area (Å²) in [7, 11) is 0. The van der Waals surface area contributed by atoms with Crippen molar-refractivity contribution in [1.29, 1.82) is 0 Å². The second kappa shape index (κ2) is 7.27. The Morgan fingerprint density at radius 2 is 1.81 bits per heavy atom. The van der Waals surface area contributed by atoms with Crippen LogP contribution in [0.3, 0.4) is 0 Å². The van der Waals surface area contributed by atoms with Gasteiger partial charge in [0.1, 0.15) is 5.75 Å². The van der Waals surface area contributed by atoms with Gasteiger partial charge < -0.3 is 10.1 Å². The molecule has 0 spiro atoms. The van der Waals surface area contributed by atoms with E-state index in [-0.39, 0.29) is 6.10 Å². The van der Waals surface area contributed by atoms with Crippen LogP contribution >= 0.6 is 0 Å². The van der Waals surface area contributed by atoms with E-state index >= 15 is 0 Å². The molecule has 0 radical (unpaired) electrons. The fourth-order valence-electron chi connectivity index (χ4n) is 2.04. The van der Waals surface area contributed by atoms with Crippen molar-refractivity contribution in [3.05, 3.63) is 42.2 Å². The maximum absolute atomic E-state index is 5.65. The minimum atomic E-state index is 0.194. The van der Waals surface area contributed by atoms with E-state index in [0.717, 1.165) is 30.2 Å². The molecule has 1 aromatic carbocycles. The van der Waals surface area contributed by atoms with Gasteiger partial charge in [-0.15, -0.1) is 0 Å². The predicted molar refractivity (Wildman–Crippen MR) is 85.9 cm³/mol. The molecule has 0 aliphatic carbocycles. The Labute approximate surface area is 127 Å². The van der Waals surface area contributed by atoms with Gasteiger partial charge in [0.15, 0.2) is 0 Å². The predicted octanol–water partition coefficient (Wildman–Crippen LogP) is 3.41. The quantitative estimate of drug-likeness (QED) is 0.848. The molecule has 4 nitrogen and oxygen atoms in total. The lowest BCUT2D eigenvalue weighted by Gasteiger charge is -2.10. The number of benzene rings is 1. The topological polar surface area (TPSA) is 39.1 Å². The third kappa shape index (κ3) is 4.90. The molecule has 0 unspecified atom stereocenters. The summed E-state index contributed by atoms with van der Waals surface area (Å²) < 4.78 is 7.54. The molecule has 0 aliphatic rings. The van der Waals surface area contributed by atoms with Crippen LogP contribution in [-0.2, 0) is 6.54 Å². The molecule has 0 amide bonds. The van der Waals surface area contributed by atoms with Crippen molar-refractivity contribution in [3.63, 3.8) is 0 Å². The highest BCUT2D eigenvalue weighted by Gasteiger charge is 2.03. The Balaban J connectivity index is 1.97. The highest BCUT2D eigenvalue weighted by Crippen LogP contribution is 2.16. The molecule has 1 heterocycles. The van der Waals surface area contributed by atoms with E-state index in [9.17, 15) is 0 Å². The number of nitrogens with one attached hydrogen (secondary N) is 1. The summed E-state index contributed by atoms with van der Waals surface area (Å²) in [5, 5.41) is 7.98. The van der Waals surface area contributed by atoms with Crippen molar-refractivity contribution in [2.24, 2.45) is 5.92 Å². The zero-order valence-corrected chi connectivity index (χ0v) is 13.3. The first kappa shape index (κ1) is 15.6. The molecule has 2 rings (SSSR count). The number of rotatable bonds is 7. The standard InChI is InChI=1S/C17H25N3O/c1-13(2)11-18-12-15-9-10-20(19-15)16-5-7-17(8-6-16)21-14(3)4/h5-10,13-14,18H,11-12H2,1-4H3. The largest absolute Gasteiger partial charge is 0.491 e. The number of ether oxygens (including phenoxy) is 1. The van der Waals surface area contributed by atoms with E-state index < -0.39 is 0 Å². The fourth-order valence-corrected chi connectivity index (χ4v) is 2.04. The Morgan fingerprint density at radius 1 is 1.10 bits per heavy atom. The number of nitrogens with zero attached hydrogens (tertiary/aromatic N) is 2. The van der Waals surface area contributed by atoms with Crippen molar-refractivity contribution in [2.45, 2.75) is 40.3 Å². The average Bonchev–Trinajstić information content (AvgIpc) is 2.87. The third-order valence-corrected chi connectivity index (χ3v) is 2.98. The van der Waals surface area contributed by atoms with Crippen molar-refractivity contribution >= 4 is 0 Å². The molecular weight excluding hydrogens is 262 g/mol. The first-order valence-electron chi connectivity index (χ1n) is 7.57. The van der Waals surface area contributed by atoms with E-state index in [1.807, 2.05) is 55.1 Å². The van der Waals surface area contributed by atoms with Gasteiger partial charge in [0.2, 0.25) is 0 Å². The van der Waals surface area contributed by atoms with E-state index in [0.29, 0.717) is 5.92 Å². The molecule has 0 aliphatic heterocycles. The van der Waals surface area contributed by atoms with Crippen molar-refractivity contribution in [1.82, 2.24) is 15.1 Å². The highest BCUT2D eigenvalue weighted by atomic mass is 16.5. The van der Waals surface area contributed by atoms with Gasteiger partial charge >= 0.3 is 0 Å². The SMILES string of the molecule is CC(C)CNCc1ccn(-c2ccc(OC(C)C)cc2)n1. The molecule has 0 fully saturated rings. The maximum Gasteiger partial charge on any atom is 0.119 e. The Morgan fingerprint density at radius 3 is 2.43 bits per heavy atom. The lowest BCUT2D eigenvalue weighted by Crippen LogP contribution is -2.19. The summed E-state index contributed by atoms with van der Waals surface area (Å²) in [4.78, 5) is 0.